The largest absolute Gasteiger partial charge is 0.444 e. The molecule has 0 radical (unpaired) electrons. The summed E-state index contributed by atoms with van der Waals surface area (Å²) < 4.78 is 5.47. The number of hydrogen-bond donors (Lipinski definition) is 1. The van der Waals surface area contributed by atoms with Crippen LogP contribution >= 0.6 is 11.8 Å². The smallest absolute Gasteiger partial charge is 0.410 e. The summed E-state index contributed by atoms with van der Waals surface area (Å²) in [5.74, 6) is 1.28. The first-order valence-electron chi connectivity index (χ1n) is 7.54. The van der Waals surface area contributed by atoms with Gasteiger partial charge in [0, 0.05) is 37.7 Å². The number of thioether (sulfide) groups is 1. The quantitative estimate of drug-likeness (QED) is 0.846. The normalized spacial score (nSPS) is 29.1. The fourth-order valence-electron chi connectivity index (χ4n) is 3.17. The summed E-state index contributed by atoms with van der Waals surface area (Å²) in [7, 11) is 0. The minimum absolute atomic E-state index is 0.110. The molecule has 0 bridgehead atoms. The van der Waals surface area contributed by atoms with Crippen molar-refractivity contribution in [2.45, 2.75) is 39.7 Å². The standard InChI is InChI=1S/C15H26N2O3S/c1-11(18)21-8-12-7-16-9-15(12)5-6-17(10-15)13(19)20-14(2,3)4/h12,16H,5-10H2,1-4H3. The Morgan fingerprint density at radius 2 is 2.14 bits per heavy atom. The van der Waals surface area contributed by atoms with Crippen molar-refractivity contribution >= 4 is 23.0 Å². The Labute approximate surface area is 131 Å². The second kappa shape index (κ2) is 6.16. The van der Waals surface area contributed by atoms with Crippen LogP contribution in [-0.2, 0) is 9.53 Å². The maximum absolute atomic E-state index is 12.2. The van der Waals surface area contributed by atoms with Crippen LogP contribution < -0.4 is 5.32 Å². The van der Waals surface area contributed by atoms with Crippen molar-refractivity contribution < 1.29 is 14.3 Å². The van der Waals surface area contributed by atoms with Gasteiger partial charge in [-0.05, 0) is 39.7 Å². The van der Waals surface area contributed by atoms with Gasteiger partial charge in [-0.2, -0.15) is 0 Å². The molecular weight excluding hydrogens is 288 g/mol. The molecule has 2 atom stereocenters. The summed E-state index contributed by atoms with van der Waals surface area (Å²) in [5, 5.41) is 3.60. The molecule has 0 aliphatic carbocycles. The highest BCUT2D eigenvalue weighted by Crippen LogP contribution is 2.42. The summed E-state index contributed by atoms with van der Waals surface area (Å²) in [5.41, 5.74) is -0.343. The maximum atomic E-state index is 12.2. The maximum Gasteiger partial charge on any atom is 0.410 e. The van der Waals surface area contributed by atoms with Crippen LogP contribution in [0.5, 0.6) is 0 Å². The third-order valence-electron chi connectivity index (χ3n) is 4.26. The van der Waals surface area contributed by atoms with Crippen LogP contribution in [0, 0.1) is 11.3 Å². The van der Waals surface area contributed by atoms with Gasteiger partial charge in [0.25, 0.3) is 0 Å². The summed E-state index contributed by atoms with van der Waals surface area (Å²) in [6.45, 7) is 10.6. The highest BCUT2D eigenvalue weighted by atomic mass is 32.2. The summed E-state index contributed by atoms with van der Waals surface area (Å²) >= 11 is 1.40. The highest BCUT2D eigenvalue weighted by Gasteiger charge is 2.49. The van der Waals surface area contributed by atoms with Gasteiger partial charge in [-0.25, -0.2) is 4.79 Å². The fourth-order valence-corrected chi connectivity index (χ4v) is 4.07. The lowest BCUT2D eigenvalue weighted by atomic mass is 9.78. The van der Waals surface area contributed by atoms with Gasteiger partial charge in [0.05, 0.1) is 0 Å². The van der Waals surface area contributed by atoms with E-state index in [1.54, 1.807) is 6.92 Å². The van der Waals surface area contributed by atoms with E-state index in [0.29, 0.717) is 5.92 Å². The molecule has 2 saturated heterocycles. The minimum atomic E-state index is -0.454. The number of ether oxygens (including phenoxy) is 1. The zero-order chi connectivity index (χ0) is 15.7. The Morgan fingerprint density at radius 3 is 2.76 bits per heavy atom. The van der Waals surface area contributed by atoms with Crippen LogP contribution in [0.25, 0.3) is 0 Å². The minimum Gasteiger partial charge on any atom is -0.444 e. The van der Waals surface area contributed by atoms with Crippen molar-refractivity contribution in [3.63, 3.8) is 0 Å². The van der Waals surface area contributed by atoms with E-state index < -0.39 is 5.60 Å². The molecule has 1 amide bonds. The number of carbonyl (C=O) groups is 2. The second-order valence-electron chi connectivity index (χ2n) is 7.14. The number of carbonyl (C=O) groups excluding carboxylic acids is 2. The Hall–Kier alpha value is -0.750. The van der Waals surface area contributed by atoms with Crippen LogP contribution in [0.3, 0.4) is 0 Å². The molecule has 0 aromatic heterocycles. The second-order valence-corrected chi connectivity index (χ2v) is 8.34. The first-order chi connectivity index (χ1) is 9.72. The number of likely N-dealkylation sites (tertiary alicyclic amines) is 1. The van der Waals surface area contributed by atoms with Gasteiger partial charge < -0.3 is 15.0 Å². The van der Waals surface area contributed by atoms with Crippen LogP contribution in [0.2, 0.25) is 0 Å². The van der Waals surface area contributed by atoms with Crippen molar-refractivity contribution in [1.29, 1.82) is 0 Å². The number of amides is 1. The van der Waals surface area contributed by atoms with Crippen LogP contribution in [0.15, 0.2) is 0 Å². The van der Waals surface area contributed by atoms with Gasteiger partial charge in [0.1, 0.15) is 5.60 Å². The summed E-state index contributed by atoms with van der Waals surface area (Å²) in [6.07, 6.45) is 0.770. The molecule has 2 fully saturated rings. The fraction of sp³-hybridized carbons (Fsp3) is 0.867. The van der Waals surface area contributed by atoms with E-state index in [0.717, 1.165) is 38.4 Å². The number of hydrogen-bond acceptors (Lipinski definition) is 5. The molecule has 2 aliphatic rings. The molecule has 1 N–H and O–H groups in total. The van der Waals surface area contributed by atoms with Crippen molar-refractivity contribution in [1.82, 2.24) is 10.2 Å². The molecule has 2 rings (SSSR count). The average Bonchev–Trinajstić information content (AvgIpc) is 2.93. The van der Waals surface area contributed by atoms with E-state index in [2.05, 4.69) is 5.32 Å². The molecule has 6 heteroatoms. The Balaban J connectivity index is 1.96. The Morgan fingerprint density at radius 1 is 1.43 bits per heavy atom. The van der Waals surface area contributed by atoms with Crippen LogP contribution in [0.4, 0.5) is 4.79 Å². The summed E-state index contributed by atoms with van der Waals surface area (Å²) in [6, 6.07) is 0. The van der Waals surface area contributed by atoms with E-state index >= 15 is 0 Å². The van der Waals surface area contributed by atoms with Crippen LogP contribution in [-0.4, -0.2) is 53.6 Å². The van der Waals surface area contributed by atoms with E-state index in [-0.39, 0.29) is 16.6 Å². The molecule has 2 unspecified atom stereocenters. The van der Waals surface area contributed by atoms with Gasteiger partial charge in [0.15, 0.2) is 5.12 Å². The van der Waals surface area contributed by atoms with Gasteiger partial charge in [-0.15, -0.1) is 0 Å². The first-order valence-corrected chi connectivity index (χ1v) is 8.52. The van der Waals surface area contributed by atoms with Crippen molar-refractivity contribution in [2.75, 3.05) is 31.9 Å². The highest BCUT2D eigenvalue weighted by molar-refractivity contribution is 8.13. The van der Waals surface area contributed by atoms with Gasteiger partial charge in [-0.3, -0.25) is 4.79 Å². The van der Waals surface area contributed by atoms with Crippen molar-refractivity contribution in [3.05, 3.63) is 0 Å². The van der Waals surface area contributed by atoms with Gasteiger partial charge in [0.2, 0.25) is 0 Å². The number of rotatable bonds is 2. The van der Waals surface area contributed by atoms with Gasteiger partial charge >= 0.3 is 6.09 Å². The third-order valence-corrected chi connectivity index (χ3v) is 5.23. The predicted molar refractivity (Wildman–Crippen MR) is 84.4 cm³/mol. The molecule has 2 heterocycles. The molecule has 21 heavy (non-hydrogen) atoms. The van der Waals surface area contributed by atoms with Gasteiger partial charge in [-0.1, -0.05) is 11.8 Å². The number of nitrogens with one attached hydrogen (secondary N) is 1. The molecule has 0 aromatic rings. The molecule has 0 aromatic carbocycles. The lowest BCUT2D eigenvalue weighted by Crippen LogP contribution is -2.39. The molecule has 0 saturated carbocycles. The predicted octanol–water partition coefficient (Wildman–Crippen LogP) is 2.11. The topological polar surface area (TPSA) is 58.6 Å². The van der Waals surface area contributed by atoms with E-state index in [1.165, 1.54) is 11.8 Å². The Kier molecular flexibility index (Phi) is 4.88. The molecule has 5 nitrogen and oxygen atoms in total. The lowest BCUT2D eigenvalue weighted by molar-refractivity contribution is -0.109. The first kappa shape index (κ1) is 16.6. The average molecular weight is 314 g/mol. The molecule has 2 aliphatic heterocycles. The van der Waals surface area contributed by atoms with E-state index in [9.17, 15) is 9.59 Å². The molecular formula is C15H26N2O3S. The van der Waals surface area contributed by atoms with E-state index in [1.807, 2.05) is 25.7 Å². The Bertz CT molecular complexity index is 422. The van der Waals surface area contributed by atoms with E-state index in [4.69, 9.17) is 4.74 Å². The third kappa shape index (κ3) is 4.13. The lowest BCUT2D eigenvalue weighted by Gasteiger charge is -2.30. The zero-order valence-corrected chi connectivity index (χ0v) is 14.2. The van der Waals surface area contributed by atoms with Crippen molar-refractivity contribution in [2.24, 2.45) is 11.3 Å². The molecule has 120 valence electrons. The van der Waals surface area contributed by atoms with Crippen molar-refractivity contribution in [3.8, 4) is 0 Å². The zero-order valence-electron chi connectivity index (χ0n) is 13.4. The number of nitrogens with zero attached hydrogens (tertiary/aromatic N) is 1. The summed E-state index contributed by atoms with van der Waals surface area (Å²) in [4.78, 5) is 25.2. The SMILES string of the molecule is CC(=O)SCC1CNCC12CCN(C(=O)OC(C)(C)C)C2. The van der Waals surface area contributed by atoms with Crippen LogP contribution in [0.1, 0.15) is 34.1 Å². The molecule has 1 spiro atoms. The monoisotopic (exact) mass is 314 g/mol.